The van der Waals surface area contributed by atoms with Crippen LogP contribution in [0.3, 0.4) is 0 Å². The maximum Gasteiger partial charge on any atom is 0.286 e. The van der Waals surface area contributed by atoms with Crippen molar-refractivity contribution in [1.29, 1.82) is 0 Å². The van der Waals surface area contributed by atoms with Crippen molar-refractivity contribution in [3.8, 4) is 5.75 Å². The molecule has 1 aliphatic heterocycles. The second-order valence-electron chi connectivity index (χ2n) is 7.62. The van der Waals surface area contributed by atoms with Crippen LogP contribution in [-0.2, 0) is 24.1 Å². The molecular weight excluding hydrogens is 468 g/mol. The first-order valence-corrected chi connectivity index (χ1v) is 13.0. The lowest BCUT2D eigenvalue weighted by atomic mass is 10.1. The van der Waals surface area contributed by atoms with Gasteiger partial charge in [0, 0.05) is 22.9 Å². The molecule has 34 heavy (non-hydrogen) atoms. The summed E-state index contributed by atoms with van der Waals surface area (Å²) in [6.45, 7) is 8.40. The summed E-state index contributed by atoms with van der Waals surface area (Å²) < 4.78 is 12.8. The number of aryl methyl sites for hydroxylation is 1. The number of imide groups is 1. The number of thioether (sulfide) groups is 1. The number of hydrogen-bond acceptors (Lipinski definition) is 7. The van der Waals surface area contributed by atoms with E-state index in [1.54, 1.807) is 11.3 Å². The Kier molecular flexibility index (Phi) is 9.53. The number of carbonyl (C=O) groups excluding carboxylic acids is 2. The Morgan fingerprint density at radius 3 is 2.62 bits per heavy atom. The van der Waals surface area contributed by atoms with Crippen LogP contribution < -0.4 is 10.1 Å². The van der Waals surface area contributed by atoms with Gasteiger partial charge in [0.1, 0.15) is 11.5 Å². The lowest BCUT2D eigenvalue weighted by Gasteiger charge is -2.11. The molecule has 3 heterocycles. The van der Waals surface area contributed by atoms with Gasteiger partial charge in [-0.05, 0) is 57.2 Å². The Balaban J connectivity index is 0.000000751. The molecule has 0 bridgehead atoms. The molecule has 180 valence electrons. The molecule has 0 saturated carbocycles. The molecule has 1 saturated heterocycles. The SMILES string of the molecule is C/C=C\C.C/C=C\Cc1nc(CCOc2ccc(CC3SC(=O)NC3=O)c3sccc23)c(C)o1. The Morgan fingerprint density at radius 1 is 1.15 bits per heavy atom. The highest BCUT2D eigenvalue weighted by Gasteiger charge is 2.32. The van der Waals surface area contributed by atoms with Crippen molar-refractivity contribution in [2.24, 2.45) is 0 Å². The summed E-state index contributed by atoms with van der Waals surface area (Å²) in [7, 11) is 0. The van der Waals surface area contributed by atoms with Crippen molar-refractivity contribution in [2.45, 2.75) is 52.2 Å². The largest absolute Gasteiger partial charge is 0.493 e. The smallest absolute Gasteiger partial charge is 0.286 e. The molecule has 6 nitrogen and oxygen atoms in total. The van der Waals surface area contributed by atoms with Crippen LogP contribution in [0.4, 0.5) is 4.79 Å². The summed E-state index contributed by atoms with van der Waals surface area (Å²) in [6.07, 6.45) is 9.88. The third kappa shape index (κ3) is 6.61. The highest BCUT2D eigenvalue weighted by molar-refractivity contribution is 8.15. The van der Waals surface area contributed by atoms with Gasteiger partial charge in [-0.25, -0.2) is 4.98 Å². The maximum atomic E-state index is 11.9. The van der Waals surface area contributed by atoms with Gasteiger partial charge in [0.2, 0.25) is 5.91 Å². The Labute approximate surface area is 208 Å². The first-order valence-electron chi connectivity index (χ1n) is 11.2. The second kappa shape index (κ2) is 12.6. The molecule has 1 fully saturated rings. The summed E-state index contributed by atoms with van der Waals surface area (Å²) >= 11 is 2.67. The molecule has 1 unspecified atom stereocenters. The third-order valence-electron chi connectivity index (χ3n) is 5.23. The number of nitrogens with one attached hydrogen (secondary N) is 1. The van der Waals surface area contributed by atoms with Crippen LogP contribution in [0, 0.1) is 6.92 Å². The molecule has 4 rings (SSSR count). The summed E-state index contributed by atoms with van der Waals surface area (Å²) in [5, 5.41) is 4.74. The molecule has 1 aliphatic rings. The van der Waals surface area contributed by atoms with Gasteiger partial charge in [-0.3, -0.25) is 14.9 Å². The molecule has 0 aliphatic carbocycles. The van der Waals surface area contributed by atoms with Crippen LogP contribution in [0.1, 0.15) is 43.7 Å². The van der Waals surface area contributed by atoms with E-state index in [-0.39, 0.29) is 16.4 Å². The van der Waals surface area contributed by atoms with Crippen molar-refractivity contribution in [3.63, 3.8) is 0 Å². The number of rotatable bonds is 8. The molecule has 0 radical (unpaired) electrons. The van der Waals surface area contributed by atoms with E-state index in [4.69, 9.17) is 9.15 Å². The number of fused-ring (bicyclic) bond motifs is 1. The quantitative estimate of drug-likeness (QED) is 0.361. The van der Waals surface area contributed by atoms with Crippen molar-refractivity contribution in [1.82, 2.24) is 10.3 Å². The minimum absolute atomic E-state index is 0.216. The summed E-state index contributed by atoms with van der Waals surface area (Å²) in [5.41, 5.74) is 1.97. The Bertz CT molecular complexity index is 1190. The van der Waals surface area contributed by atoms with E-state index in [2.05, 4.69) is 10.3 Å². The molecule has 2 amide bonds. The van der Waals surface area contributed by atoms with Crippen molar-refractivity contribution in [2.75, 3.05) is 6.61 Å². The molecule has 0 spiro atoms. The van der Waals surface area contributed by atoms with Crippen LogP contribution in [0.25, 0.3) is 10.1 Å². The topological polar surface area (TPSA) is 81.4 Å². The first-order chi connectivity index (χ1) is 16.5. The van der Waals surface area contributed by atoms with Crippen molar-refractivity contribution < 1.29 is 18.7 Å². The molecule has 8 heteroatoms. The zero-order valence-corrected chi connectivity index (χ0v) is 21.6. The average Bonchev–Trinajstić information content (AvgIpc) is 3.53. The van der Waals surface area contributed by atoms with Gasteiger partial charge >= 0.3 is 0 Å². The van der Waals surface area contributed by atoms with Gasteiger partial charge in [-0.1, -0.05) is 42.1 Å². The van der Waals surface area contributed by atoms with Crippen LogP contribution in [0.2, 0.25) is 0 Å². The summed E-state index contributed by atoms with van der Waals surface area (Å²) in [5.74, 6) is 2.14. The van der Waals surface area contributed by atoms with E-state index in [0.29, 0.717) is 25.9 Å². The monoisotopic (exact) mass is 498 g/mol. The van der Waals surface area contributed by atoms with Gasteiger partial charge in [0.15, 0.2) is 5.89 Å². The fraction of sp³-hybridized carbons (Fsp3) is 0.346. The molecule has 3 aromatic rings. The molecule has 2 aromatic heterocycles. The minimum atomic E-state index is -0.374. The van der Waals surface area contributed by atoms with Crippen LogP contribution in [0.15, 0.2) is 52.3 Å². The van der Waals surface area contributed by atoms with E-state index in [0.717, 1.165) is 50.5 Å². The number of aromatic nitrogens is 1. The lowest BCUT2D eigenvalue weighted by molar-refractivity contribution is -0.118. The van der Waals surface area contributed by atoms with Gasteiger partial charge in [0.25, 0.3) is 5.24 Å². The maximum absolute atomic E-state index is 11.9. The zero-order valence-electron chi connectivity index (χ0n) is 19.9. The average molecular weight is 499 g/mol. The van der Waals surface area contributed by atoms with Gasteiger partial charge in [0.05, 0.1) is 17.6 Å². The van der Waals surface area contributed by atoms with Crippen molar-refractivity contribution in [3.05, 3.63) is 70.8 Å². The Morgan fingerprint density at radius 2 is 1.94 bits per heavy atom. The number of allylic oxidation sites excluding steroid dienone is 4. The number of ether oxygens (including phenoxy) is 1. The number of hydrogen-bond donors (Lipinski definition) is 1. The first kappa shape index (κ1) is 25.8. The molecule has 1 N–H and O–H groups in total. The van der Waals surface area contributed by atoms with E-state index in [1.807, 2.05) is 75.6 Å². The zero-order chi connectivity index (χ0) is 24.5. The van der Waals surface area contributed by atoms with Gasteiger partial charge < -0.3 is 9.15 Å². The van der Waals surface area contributed by atoms with E-state index >= 15 is 0 Å². The fourth-order valence-corrected chi connectivity index (χ4v) is 5.18. The Hall–Kier alpha value is -2.84. The van der Waals surface area contributed by atoms with Crippen LogP contribution >= 0.6 is 23.1 Å². The van der Waals surface area contributed by atoms with E-state index in [1.165, 1.54) is 0 Å². The number of benzene rings is 1. The van der Waals surface area contributed by atoms with E-state index in [9.17, 15) is 9.59 Å². The number of carbonyl (C=O) groups is 2. The van der Waals surface area contributed by atoms with Crippen molar-refractivity contribution >= 4 is 44.3 Å². The number of amides is 2. The normalized spacial score (nSPS) is 15.8. The lowest BCUT2D eigenvalue weighted by Crippen LogP contribution is -2.25. The van der Waals surface area contributed by atoms with Crippen LogP contribution in [0.5, 0.6) is 5.75 Å². The summed E-state index contributed by atoms with van der Waals surface area (Å²) in [4.78, 5) is 27.9. The highest BCUT2D eigenvalue weighted by atomic mass is 32.2. The fourth-order valence-electron chi connectivity index (χ4n) is 3.39. The number of thiophene rings is 1. The standard InChI is InChI=1S/C22H22N2O4S2.C4H8/c1-3-4-5-19-23-16(13(2)28-19)8-10-27-17-7-6-14(20-15(17)9-11-29-20)12-18-21(25)24-22(26)30-18;1-3-4-2/h3-4,6-7,9,11,18H,5,8,10,12H2,1-2H3,(H,24,25,26);3-4H,1-2H3/b2*4-3-. The molecular formula is C26H30N2O4S2. The molecule has 1 atom stereocenters. The molecule has 1 aromatic carbocycles. The predicted molar refractivity (Wildman–Crippen MR) is 140 cm³/mol. The summed E-state index contributed by atoms with van der Waals surface area (Å²) in [6, 6.07) is 5.96. The minimum Gasteiger partial charge on any atom is -0.493 e. The number of nitrogens with zero attached hydrogens (tertiary/aromatic N) is 1. The van der Waals surface area contributed by atoms with Crippen LogP contribution in [-0.4, -0.2) is 28.0 Å². The second-order valence-corrected chi connectivity index (χ2v) is 9.71. The number of oxazole rings is 1. The highest BCUT2D eigenvalue weighted by Crippen LogP contribution is 2.35. The third-order valence-corrected chi connectivity index (χ3v) is 7.20. The van der Waals surface area contributed by atoms with E-state index < -0.39 is 0 Å². The predicted octanol–water partition coefficient (Wildman–Crippen LogP) is 6.41. The van der Waals surface area contributed by atoms with Gasteiger partial charge in [-0.2, -0.15) is 0 Å². The van der Waals surface area contributed by atoms with Gasteiger partial charge in [-0.15, -0.1) is 11.3 Å².